The average Bonchev–Trinajstić information content (AvgIpc) is 2.22. The van der Waals surface area contributed by atoms with Crippen LogP contribution in [0.2, 0.25) is 0 Å². The lowest BCUT2D eigenvalue weighted by molar-refractivity contribution is 0.339. The van der Waals surface area contributed by atoms with Gasteiger partial charge in [0.25, 0.3) is 0 Å². The number of thiocarbonyl (C=S) groups is 1. The first kappa shape index (κ1) is 14.0. The first-order chi connectivity index (χ1) is 8.04. The fraction of sp³-hybridized carbons (Fsp3) is 0.500. The lowest BCUT2D eigenvalue weighted by Crippen LogP contribution is -2.08. The Morgan fingerprint density at radius 2 is 1.88 bits per heavy atom. The van der Waals surface area contributed by atoms with Crippen LogP contribution >= 0.6 is 12.2 Å². The van der Waals surface area contributed by atoms with Gasteiger partial charge in [0.15, 0.2) is 0 Å². The highest BCUT2D eigenvalue weighted by Crippen LogP contribution is 2.23. The van der Waals surface area contributed by atoms with Crippen molar-refractivity contribution in [3.8, 4) is 5.75 Å². The van der Waals surface area contributed by atoms with Crippen LogP contribution in [-0.2, 0) is 6.42 Å². The van der Waals surface area contributed by atoms with Crippen molar-refractivity contribution in [3.63, 3.8) is 0 Å². The number of aryl methyl sites for hydroxylation is 2. The average molecular weight is 251 g/mol. The zero-order valence-electron chi connectivity index (χ0n) is 10.9. The van der Waals surface area contributed by atoms with E-state index in [1.54, 1.807) is 0 Å². The molecule has 1 aromatic rings. The quantitative estimate of drug-likeness (QED) is 0.788. The Morgan fingerprint density at radius 3 is 2.35 bits per heavy atom. The third-order valence-electron chi connectivity index (χ3n) is 2.83. The molecule has 0 aromatic heterocycles. The molecule has 0 aliphatic heterocycles. The van der Waals surface area contributed by atoms with Crippen LogP contribution in [0.5, 0.6) is 5.75 Å². The standard InChI is InChI=1S/C14H21NOS/c1-4-16-12-8-10(2)13(11(3)9-12)6-5-7-14(15)17/h8-9H,4-7H2,1-3H3,(H2,15,17). The second-order valence-electron chi connectivity index (χ2n) is 4.29. The molecule has 0 aliphatic rings. The Balaban J connectivity index is 2.75. The molecule has 0 heterocycles. The van der Waals surface area contributed by atoms with E-state index < -0.39 is 0 Å². The van der Waals surface area contributed by atoms with Crippen LogP contribution in [0.3, 0.4) is 0 Å². The molecule has 0 spiro atoms. The van der Waals surface area contributed by atoms with E-state index in [0.717, 1.165) is 25.0 Å². The van der Waals surface area contributed by atoms with E-state index in [9.17, 15) is 0 Å². The number of hydrogen-bond donors (Lipinski definition) is 1. The number of benzene rings is 1. The lowest BCUT2D eigenvalue weighted by atomic mass is 9.97. The van der Waals surface area contributed by atoms with Crippen molar-refractivity contribution in [2.24, 2.45) is 5.73 Å². The maximum absolute atomic E-state index is 5.52. The van der Waals surface area contributed by atoms with Crippen molar-refractivity contribution in [3.05, 3.63) is 28.8 Å². The largest absolute Gasteiger partial charge is 0.494 e. The molecule has 0 aliphatic carbocycles. The number of nitrogens with two attached hydrogens (primary N) is 1. The van der Waals surface area contributed by atoms with Crippen LogP contribution in [0.4, 0.5) is 0 Å². The normalized spacial score (nSPS) is 10.3. The van der Waals surface area contributed by atoms with Crippen LogP contribution < -0.4 is 10.5 Å². The summed E-state index contributed by atoms with van der Waals surface area (Å²) < 4.78 is 5.52. The van der Waals surface area contributed by atoms with Crippen LogP contribution in [0.15, 0.2) is 12.1 Å². The fourth-order valence-electron chi connectivity index (χ4n) is 2.04. The monoisotopic (exact) mass is 251 g/mol. The van der Waals surface area contributed by atoms with Gasteiger partial charge in [-0.2, -0.15) is 0 Å². The Labute approximate surface area is 109 Å². The summed E-state index contributed by atoms with van der Waals surface area (Å²) in [6.45, 7) is 6.97. The van der Waals surface area contributed by atoms with Crippen LogP contribution in [0.1, 0.15) is 36.5 Å². The Kier molecular flexibility index (Phi) is 5.42. The maximum Gasteiger partial charge on any atom is 0.119 e. The fourth-order valence-corrected chi connectivity index (χ4v) is 2.18. The second-order valence-corrected chi connectivity index (χ2v) is 4.81. The van der Waals surface area contributed by atoms with E-state index in [2.05, 4.69) is 26.0 Å². The lowest BCUT2D eigenvalue weighted by Gasteiger charge is -2.12. The maximum atomic E-state index is 5.52. The summed E-state index contributed by atoms with van der Waals surface area (Å²) >= 11 is 4.89. The Bertz CT molecular complexity index is 378. The molecule has 0 saturated heterocycles. The smallest absolute Gasteiger partial charge is 0.119 e. The van der Waals surface area contributed by atoms with Gasteiger partial charge in [-0.1, -0.05) is 12.2 Å². The van der Waals surface area contributed by atoms with Gasteiger partial charge in [0.1, 0.15) is 5.75 Å². The minimum atomic E-state index is 0.603. The highest BCUT2D eigenvalue weighted by atomic mass is 32.1. The SMILES string of the molecule is CCOc1cc(C)c(CCCC(N)=S)c(C)c1. The number of hydrogen-bond acceptors (Lipinski definition) is 2. The molecule has 0 fully saturated rings. The highest BCUT2D eigenvalue weighted by molar-refractivity contribution is 7.80. The molecule has 1 rings (SSSR count). The zero-order valence-corrected chi connectivity index (χ0v) is 11.7. The van der Waals surface area contributed by atoms with Crippen molar-refractivity contribution < 1.29 is 4.74 Å². The van der Waals surface area contributed by atoms with Crippen molar-refractivity contribution in [2.45, 2.75) is 40.0 Å². The summed E-state index contributed by atoms with van der Waals surface area (Å²) in [6, 6.07) is 4.21. The summed E-state index contributed by atoms with van der Waals surface area (Å²) in [4.78, 5) is 0.603. The molecular formula is C14H21NOS. The van der Waals surface area contributed by atoms with Crippen molar-refractivity contribution in [2.75, 3.05) is 6.61 Å². The van der Waals surface area contributed by atoms with Gasteiger partial charge in [0.2, 0.25) is 0 Å². The molecule has 17 heavy (non-hydrogen) atoms. The first-order valence-electron chi connectivity index (χ1n) is 6.05. The van der Waals surface area contributed by atoms with E-state index >= 15 is 0 Å². The van der Waals surface area contributed by atoms with E-state index in [1.807, 2.05) is 6.92 Å². The van der Waals surface area contributed by atoms with Gasteiger partial charge in [-0.15, -0.1) is 0 Å². The van der Waals surface area contributed by atoms with Crippen LogP contribution in [0, 0.1) is 13.8 Å². The highest BCUT2D eigenvalue weighted by Gasteiger charge is 2.06. The molecule has 2 N–H and O–H groups in total. The predicted octanol–water partition coefficient (Wildman–Crippen LogP) is 3.31. The number of rotatable bonds is 6. The van der Waals surface area contributed by atoms with Gasteiger partial charge < -0.3 is 10.5 Å². The third-order valence-corrected chi connectivity index (χ3v) is 3.03. The molecule has 2 nitrogen and oxygen atoms in total. The molecule has 94 valence electrons. The Hall–Kier alpha value is -1.09. The molecular weight excluding hydrogens is 230 g/mol. The molecule has 0 atom stereocenters. The molecule has 0 amide bonds. The van der Waals surface area contributed by atoms with Crippen LogP contribution in [-0.4, -0.2) is 11.6 Å². The van der Waals surface area contributed by atoms with Gasteiger partial charge in [0, 0.05) is 0 Å². The summed E-state index contributed by atoms with van der Waals surface area (Å²) in [6.07, 6.45) is 2.87. The van der Waals surface area contributed by atoms with Crippen molar-refractivity contribution >= 4 is 17.2 Å². The summed E-state index contributed by atoms with van der Waals surface area (Å²) in [5.74, 6) is 0.959. The molecule has 1 aromatic carbocycles. The number of ether oxygens (including phenoxy) is 1. The van der Waals surface area contributed by atoms with Crippen molar-refractivity contribution in [1.82, 2.24) is 0 Å². The van der Waals surface area contributed by atoms with Crippen molar-refractivity contribution in [1.29, 1.82) is 0 Å². The summed E-state index contributed by atoms with van der Waals surface area (Å²) in [5, 5.41) is 0. The van der Waals surface area contributed by atoms with E-state index in [1.165, 1.54) is 16.7 Å². The molecule has 0 bridgehead atoms. The van der Waals surface area contributed by atoms with E-state index in [4.69, 9.17) is 22.7 Å². The molecule has 0 radical (unpaired) electrons. The molecule has 3 heteroatoms. The van der Waals surface area contributed by atoms with Gasteiger partial charge >= 0.3 is 0 Å². The topological polar surface area (TPSA) is 35.2 Å². The zero-order chi connectivity index (χ0) is 12.8. The van der Waals surface area contributed by atoms with E-state index in [0.29, 0.717) is 11.6 Å². The van der Waals surface area contributed by atoms with Gasteiger partial charge in [-0.25, -0.2) is 0 Å². The van der Waals surface area contributed by atoms with Gasteiger partial charge in [0.05, 0.1) is 11.6 Å². The predicted molar refractivity (Wildman–Crippen MR) is 76.8 cm³/mol. The van der Waals surface area contributed by atoms with E-state index in [-0.39, 0.29) is 0 Å². The second kappa shape index (κ2) is 6.60. The van der Waals surface area contributed by atoms with Gasteiger partial charge in [-0.05, 0) is 68.9 Å². The molecule has 0 unspecified atom stereocenters. The summed E-state index contributed by atoms with van der Waals surface area (Å²) in [7, 11) is 0. The minimum absolute atomic E-state index is 0.603. The minimum Gasteiger partial charge on any atom is -0.494 e. The molecule has 0 saturated carbocycles. The Morgan fingerprint density at radius 1 is 1.29 bits per heavy atom. The van der Waals surface area contributed by atoms with Gasteiger partial charge in [-0.3, -0.25) is 0 Å². The summed E-state index contributed by atoms with van der Waals surface area (Å²) in [5.41, 5.74) is 9.48. The van der Waals surface area contributed by atoms with Crippen LogP contribution in [0.25, 0.3) is 0 Å². The first-order valence-corrected chi connectivity index (χ1v) is 6.46. The third kappa shape index (κ3) is 4.35.